The van der Waals surface area contributed by atoms with Crippen molar-refractivity contribution < 1.29 is 9.90 Å². The average Bonchev–Trinajstić information content (AvgIpc) is 3.04. The molecule has 0 radical (unpaired) electrons. The van der Waals surface area contributed by atoms with Crippen molar-refractivity contribution in [1.29, 1.82) is 0 Å². The van der Waals surface area contributed by atoms with Crippen LogP contribution in [0.2, 0.25) is 0 Å². The van der Waals surface area contributed by atoms with Crippen molar-refractivity contribution in [1.82, 2.24) is 25.4 Å². The first-order valence-corrected chi connectivity index (χ1v) is 7.86. The number of nitrogens with zero attached hydrogens (tertiary/aromatic N) is 3. The van der Waals surface area contributed by atoms with Crippen molar-refractivity contribution in [3.8, 4) is 0 Å². The number of fused-ring (bicyclic) bond motifs is 1. The topological polar surface area (TPSA) is 92.1 Å². The third kappa shape index (κ3) is 4.07. The van der Waals surface area contributed by atoms with Crippen molar-refractivity contribution in [2.24, 2.45) is 0 Å². The second-order valence-corrected chi connectivity index (χ2v) is 5.73. The number of carbonyl (C=O) groups is 1. The van der Waals surface area contributed by atoms with E-state index in [2.05, 4.69) is 20.7 Å². The number of benzene rings is 1. The van der Waals surface area contributed by atoms with Crippen LogP contribution in [-0.4, -0.2) is 38.6 Å². The number of rotatable bonds is 5. The Hall–Kier alpha value is -2.41. The number of carbonyl (C=O) groups excluding carboxylic acids is 1. The molecular weight excluding hydrogens is 294 g/mol. The number of aryl methyl sites for hydroxylation is 1. The lowest BCUT2D eigenvalue weighted by Gasteiger charge is -2.23. The van der Waals surface area contributed by atoms with E-state index in [1.165, 1.54) is 6.33 Å². The predicted molar refractivity (Wildman–Crippen MR) is 84.7 cm³/mol. The molecule has 0 aliphatic carbocycles. The van der Waals surface area contributed by atoms with Crippen LogP contribution in [-0.2, 0) is 13.0 Å². The van der Waals surface area contributed by atoms with Gasteiger partial charge < -0.3 is 15.7 Å². The third-order valence-corrected chi connectivity index (χ3v) is 3.94. The monoisotopic (exact) mass is 315 g/mol. The van der Waals surface area contributed by atoms with Gasteiger partial charge in [-0.05, 0) is 18.4 Å². The number of hydrogen-bond acceptors (Lipinski definition) is 4. The molecule has 2 atom stereocenters. The van der Waals surface area contributed by atoms with Gasteiger partial charge in [0.1, 0.15) is 12.2 Å². The Morgan fingerprint density at radius 3 is 3.04 bits per heavy atom. The molecule has 0 saturated carbocycles. The summed E-state index contributed by atoms with van der Waals surface area (Å²) in [6.07, 6.45) is 3.21. The molecule has 122 valence electrons. The fourth-order valence-corrected chi connectivity index (χ4v) is 2.80. The number of aliphatic hydroxyl groups excluding tert-OH is 1. The molecule has 0 bridgehead atoms. The quantitative estimate of drug-likeness (QED) is 0.768. The highest BCUT2D eigenvalue weighted by molar-refractivity contribution is 5.74. The zero-order valence-corrected chi connectivity index (χ0v) is 12.9. The molecule has 0 spiro atoms. The Balaban J connectivity index is 1.45. The summed E-state index contributed by atoms with van der Waals surface area (Å²) in [5, 5.41) is 19.8. The molecule has 7 heteroatoms. The molecule has 1 aliphatic heterocycles. The van der Waals surface area contributed by atoms with E-state index in [4.69, 9.17) is 0 Å². The second kappa shape index (κ2) is 7.23. The van der Waals surface area contributed by atoms with Gasteiger partial charge in [-0.25, -0.2) is 14.5 Å². The maximum absolute atomic E-state index is 12.0. The van der Waals surface area contributed by atoms with Crippen LogP contribution < -0.4 is 10.6 Å². The maximum Gasteiger partial charge on any atom is 0.315 e. The van der Waals surface area contributed by atoms with E-state index in [-0.39, 0.29) is 18.6 Å². The van der Waals surface area contributed by atoms with Crippen LogP contribution in [0, 0.1) is 0 Å². The van der Waals surface area contributed by atoms with Crippen LogP contribution in [0.3, 0.4) is 0 Å². The Morgan fingerprint density at radius 1 is 1.39 bits per heavy atom. The zero-order valence-electron chi connectivity index (χ0n) is 12.9. The minimum Gasteiger partial charge on any atom is -0.391 e. The van der Waals surface area contributed by atoms with E-state index in [1.807, 2.05) is 35.0 Å². The molecule has 2 aromatic rings. The summed E-state index contributed by atoms with van der Waals surface area (Å²) in [5.74, 6) is 0.788. The first kappa shape index (κ1) is 15.5. The summed E-state index contributed by atoms with van der Waals surface area (Å²) in [5.41, 5.74) is 1.04. The molecular formula is C16H21N5O2. The van der Waals surface area contributed by atoms with Crippen LogP contribution in [0.25, 0.3) is 0 Å². The van der Waals surface area contributed by atoms with Crippen molar-refractivity contribution in [2.45, 2.75) is 38.0 Å². The largest absolute Gasteiger partial charge is 0.391 e. The van der Waals surface area contributed by atoms with E-state index in [9.17, 15) is 9.90 Å². The van der Waals surface area contributed by atoms with Crippen molar-refractivity contribution in [3.05, 3.63) is 48.0 Å². The molecule has 2 heterocycles. The van der Waals surface area contributed by atoms with Gasteiger partial charge in [-0.15, -0.1) is 0 Å². The Bertz CT molecular complexity index is 643. The number of amides is 2. The van der Waals surface area contributed by atoms with Crippen LogP contribution >= 0.6 is 0 Å². The fourth-order valence-electron chi connectivity index (χ4n) is 2.80. The first-order chi connectivity index (χ1) is 11.2. The molecule has 0 saturated heterocycles. The number of urea groups is 1. The van der Waals surface area contributed by atoms with E-state index in [1.54, 1.807) is 0 Å². The highest BCUT2D eigenvalue weighted by atomic mass is 16.3. The van der Waals surface area contributed by atoms with Gasteiger partial charge in [0.15, 0.2) is 0 Å². The van der Waals surface area contributed by atoms with Gasteiger partial charge in [0.25, 0.3) is 0 Å². The summed E-state index contributed by atoms with van der Waals surface area (Å²) >= 11 is 0. The maximum atomic E-state index is 12.0. The van der Waals surface area contributed by atoms with Crippen molar-refractivity contribution >= 4 is 6.03 Å². The van der Waals surface area contributed by atoms with Gasteiger partial charge >= 0.3 is 6.03 Å². The molecule has 1 aromatic carbocycles. The standard InChI is InChI=1S/C16H21N5O2/c22-13(9-12-5-2-1-3-6-12)10-17-16(23)20-14-7-4-8-21-15(14)18-11-19-21/h1-3,5-6,11,13-14,22H,4,7-10H2,(H2,17,20,23). The van der Waals surface area contributed by atoms with E-state index in [0.717, 1.165) is 30.8 Å². The third-order valence-electron chi connectivity index (χ3n) is 3.94. The van der Waals surface area contributed by atoms with Crippen LogP contribution in [0.4, 0.5) is 4.79 Å². The summed E-state index contributed by atoms with van der Waals surface area (Å²) in [6.45, 7) is 1.05. The number of aliphatic hydroxyl groups is 1. The van der Waals surface area contributed by atoms with E-state index < -0.39 is 6.10 Å². The summed E-state index contributed by atoms with van der Waals surface area (Å²) in [6, 6.07) is 9.29. The average molecular weight is 315 g/mol. The van der Waals surface area contributed by atoms with Gasteiger partial charge in [0.05, 0.1) is 12.1 Å². The molecule has 2 amide bonds. The SMILES string of the molecule is O=C(NCC(O)Cc1ccccc1)NC1CCCn2ncnc21. The van der Waals surface area contributed by atoms with Gasteiger partial charge in [-0.3, -0.25) is 0 Å². The van der Waals surface area contributed by atoms with Gasteiger partial charge in [-0.1, -0.05) is 30.3 Å². The molecule has 1 aliphatic rings. The Labute approximate surface area is 134 Å². The van der Waals surface area contributed by atoms with Crippen molar-refractivity contribution in [3.63, 3.8) is 0 Å². The van der Waals surface area contributed by atoms with Gasteiger partial charge in [0.2, 0.25) is 0 Å². The number of nitrogens with one attached hydrogen (secondary N) is 2. The van der Waals surface area contributed by atoms with E-state index >= 15 is 0 Å². The molecule has 2 unspecified atom stereocenters. The molecule has 3 N–H and O–H groups in total. The van der Waals surface area contributed by atoms with Crippen LogP contribution in [0.5, 0.6) is 0 Å². The van der Waals surface area contributed by atoms with Gasteiger partial charge in [-0.2, -0.15) is 5.10 Å². The zero-order chi connectivity index (χ0) is 16.1. The molecule has 7 nitrogen and oxygen atoms in total. The van der Waals surface area contributed by atoms with Crippen LogP contribution in [0.15, 0.2) is 36.7 Å². The Kier molecular flexibility index (Phi) is 4.87. The lowest BCUT2D eigenvalue weighted by molar-refractivity contribution is 0.169. The lowest BCUT2D eigenvalue weighted by Crippen LogP contribution is -2.43. The Morgan fingerprint density at radius 2 is 2.22 bits per heavy atom. The highest BCUT2D eigenvalue weighted by Gasteiger charge is 2.23. The smallest absolute Gasteiger partial charge is 0.315 e. The fraction of sp³-hybridized carbons (Fsp3) is 0.438. The number of aromatic nitrogens is 3. The predicted octanol–water partition coefficient (Wildman–Crippen LogP) is 1.02. The van der Waals surface area contributed by atoms with E-state index in [0.29, 0.717) is 6.42 Å². The van der Waals surface area contributed by atoms with Crippen molar-refractivity contribution in [2.75, 3.05) is 6.54 Å². The van der Waals surface area contributed by atoms with Gasteiger partial charge in [0, 0.05) is 19.5 Å². The summed E-state index contributed by atoms with van der Waals surface area (Å²) in [7, 11) is 0. The second-order valence-electron chi connectivity index (χ2n) is 5.73. The summed E-state index contributed by atoms with van der Waals surface area (Å²) < 4.78 is 1.82. The minimum atomic E-state index is -0.613. The molecule has 1 aromatic heterocycles. The lowest BCUT2D eigenvalue weighted by atomic mass is 10.1. The molecule has 23 heavy (non-hydrogen) atoms. The molecule has 0 fully saturated rings. The normalized spacial score (nSPS) is 18.0. The molecule has 3 rings (SSSR count). The van der Waals surface area contributed by atoms with Crippen LogP contribution in [0.1, 0.15) is 30.3 Å². The number of hydrogen-bond donors (Lipinski definition) is 3. The first-order valence-electron chi connectivity index (χ1n) is 7.86. The highest BCUT2D eigenvalue weighted by Crippen LogP contribution is 2.21. The minimum absolute atomic E-state index is 0.127. The summed E-state index contributed by atoms with van der Waals surface area (Å²) in [4.78, 5) is 16.2.